The molecule has 0 amide bonds. The minimum atomic E-state index is 0.803. The zero-order valence-electron chi connectivity index (χ0n) is 13.3. The van der Waals surface area contributed by atoms with Crippen molar-refractivity contribution in [2.75, 3.05) is 0 Å². The molecule has 0 spiro atoms. The number of benzene rings is 1. The van der Waals surface area contributed by atoms with Crippen molar-refractivity contribution in [2.24, 2.45) is 0 Å². The van der Waals surface area contributed by atoms with Gasteiger partial charge in [-0.05, 0) is 48.9 Å². The Bertz CT molecular complexity index is 1010. The van der Waals surface area contributed by atoms with Crippen molar-refractivity contribution in [1.29, 1.82) is 0 Å². The van der Waals surface area contributed by atoms with Crippen LogP contribution in [0, 0.1) is 6.92 Å². The number of aryl methyl sites for hydroxylation is 1. The number of hydrogen-bond donors (Lipinski definition) is 0. The van der Waals surface area contributed by atoms with E-state index in [4.69, 9.17) is 4.98 Å². The van der Waals surface area contributed by atoms with Gasteiger partial charge in [0.25, 0.3) is 0 Å². The maximum absolute atomic E-state index is 4.82. The molecule has 0 bridgehead atoms. The van der Waals surface area contributed by atoms with Gasteiger partial charge >= 0.3 is 0 Å². The van der Waals surface area contributed by atoms with Crippen molar-refractivity contribution < 1.29 is 0 Å². The molecule has 4 aromatic rings. The second kappa shape index (κ2) is 5.74. The van der Waals surface area contributed by atoms with Crippen LogP contribution in [0.5, 0.6) is 0 Å². The van der Waals surface area contributed by atoms with Gasteiger partial charge in [0, 0.05) is 11.9 Å². The number of rotatable bonds is 3. The molecule has 0 fully saturated rings. The molecule has 116 valence electrons. The lowest BCUT2D eigenvalue weighted by molar-refractivity contribution is 1.05. The van der Waals surface area contributed by atoms with Crippen LogP contribution in [0.2, 0.25) is 0 Å². The van der Waals surface area contributed by atoms with Gasteiger partial charge in [-0.15, -0.1) is 0 Å². The summed E-state index contributed by atoms with van der Waals surface area (Å²) in [6, 6.07) is 16.0. The Balaban J connectivity index is 2.04. The molecule has 4 nitrogen and oxygen atoms in total. The second-order valence-electron chi connectivity index (χ2n) is 5.60. The summed E-state index contributed by atoms with van der Waals surface area (Å²) in [5, 5.41) is 0. The van der Waals surface area contributed by atoms with Crippen LogP contribution in [-0.4, -0.2) is 19.5 Å². The van der Waals surface area contributed by atoms with Crippen LogP contribution >= 0.6 is 0 Å². The Labute approximate surface area is 140 Å². The molecule has 3 heterocycles. The van der Waals surface area contributed by atoms with Gasteiger partial charge in [-0.3, -0.25) is 14.5 Å². The summed E-state index contributed by atoms with van der Waals surface area (Å²) >= 11 is 0. The topological polar surface area (TPSA) is 43.6 Å². The van der Waals surface area contributed by atoms with E-state index in [1.54, 1.807) is 6.20 Å². The van der Waals surface area contributed by atoms with E-state index in [0.717, 1.165) is 39.5 Å². The Kier molecular flexibility index (Phi) is 3.43. The van der Waals surface area contributed by atoms with Crippen molar-refractivity contribution in [1.82, 2.24) is 19.5 Å². The van der Waals surface area contributed by atoms with Crippen molar-refractivity contribution in [3.8, 4) is 17.2 Å². The molecule has 4 heteroatoms. The second-order valence-corrected chi connectivity index (χ2v) is 5.60. The van der Waals surface area contributed by atoms with Gasteiger partial charge in [0.15, 0.2) is 5.82 Å². The van der Waals surface area contributed by atoms with E-state index in [-0.39, 0.29) is 0 Å². The van der Waals surface area contributed by atoms with E-state index in [1.807, 2.05) is 55.6 Å². The Morgan fingerprint density at radius 3 is 2.67 bits per heavy atom. The van der Waals surface area contributed by atoms with Gasteiger partial charge in [0.2, 0.25) is 0 Å². The van der Waals surface area contributed by atoms with E-state index in [2.05, 4.69) is 33.2 Å². The number of pyridine rings is 2. The van der Waals surface area contributed by atoms with Gasteiger partial charge in [0.1, 0.15) is 5.69 Å². The van der Waals surface area contributed by atoms with Crippen LogP contribution in [0.1, 0.15) is 11.3 Å². The summed E-state index contributed by atoms with van der Waals surface area (Å²) in [6.07, 6.45) is 5.47. The van der Waals surface area contributed by atoms with Crippen LogP contribution in [0.25, 0.3) is 34.3 Å². The predicted octanol–water partition coefficient (Wildman–Crippen LogP) is 4.43. The highest BCUT2D eigenvalue weighted by Crippen LogP contribution is 2.28. The van der Waals surface area contributed by atoms with Crippen molar-refractivity contribution >= 4 is 17.1 Å². The average Bonchev–Trinajstić information content (AvgIpc) is 3.01. The molecule has 1 aromatic carbocycles. The summed E-state index contributed by atoms with van der Waals surface area (Å²) in [4.78, 5) is 13.7. The van der Waals surface area contributed by atoms with Crippen LogP contribution in [0.3, 0.4) is 0 Å². The van der Waals surface area contributed by atoms with E-state index in [0.29, 0.717) is 0 Å². The normalized spacial score (nSPS) is 10.9. The first-order chi connectivity index (χ1) is 11.8. The van der Waals surface area contributed by atoms with Crippen molar-refractivity contribution in [2.45, 2.75) is 6.92 Å². The maximum Gasteiger partial charge on any atom is 0.164 e. The standard InChI is InChI=1S/C20H16N4/c1-3-15-8-10-19-18(12-15)23-20(17-6-4-5-11-21-17)24(19)16-9-7-14(2)22-13-16/h3-13H,1H2,2H3. The monoisotopic (exact) mass is 312 g/mol. The summed E-state index contributed by atoms with van der Waals surface area (Å²) in [5.41, 5.74) is 5.75. The molecule has 24 heavy (non-hydrogen) atoms. The molecule has 0 atom stereocenters. The predicted molar refractivity (Wildman–Crippen MR) is 96.9 cm³/mol. The molecule has 0 saturated carbocycles. The largest absolute Gasteiger partial charge is 0.289 e. The third-order valence-electron chi connectivity index (χ3n) is 3.96. The zero-order chi connectivity index (χ0) is 16.5. The third-order valence-corrected chi connectivity index (χ3v) is 3.96. The lowest BCUT2D eigenvalue weighted by Crippen LogP contribution is -1.99. The minimum Gasteiger partial charge on any atom is -0.289 e. The molecule has 0 aliphatic carbocycles. The molecular weight excluding hydrogens is 296 g/mol. The highest BCUT2D eigenvalue weighted by atomic mass is 15.1. The molecule has 0 radical (unpaired) electrons. The highest BCUT2D eigenvalue weighted by molar-refractivity contribution is 5.84. The molecular formula is C20H16N4. The maximum atomic E-state index is 4.82. The van der Waals surface area contributed by atoms with Crippen LogP contribution in [0.4, 0.5) is 0 Å². The fourth-order valence-corrected chi connectivity index (χ4v) is 2.74. The first kappa shape index (κ1) is 14.3. The number of aromatic nitrogens is 4. The van der Waals surface area contributed by atoms with E-state index < -0.39 is 0 Å². The average molecular weight is 312 g/mol. The molecule has 0 aliphatic heterocycles. The fraction of sp³-hybridized carbons (Fsp3) is 0.0500. The van der Waals surface area contributed by atoms with Crippen molar-refractivity contribution in [3.63, 3.8) is 0 Å². The summed E-state index contributed by atoms with van der Waals surface area (Å²) in [6.45, 7) is 5.81. The van der Waals surface area contributed by atoms with Crippen LogP contribution in [0.15, 0.2) is 67.5 Å². The van der Waals surface area contributed by atoms with Crippen LogP contribution < -0.4 is 0 Å². The lowest BCUT2D eigenvalue weighted by atomic mass is 10.2. The highest BCUT2D eigenvalue weighted by Gasteiger charge is 2.15. The minimum absolute atomic E-state index is 0.803. The SMILES string of the molecule is C=Cc1ccc2c(c1)nc(-c1ccccn1)n2-c1ccc(C)nc1. The molecule has 0 N–H and O–H groups in total. The zero-order valence-corrected chi connectivity index (χ0v) is 13.3. The van der Waals surface area contributed by atoms with Gasteiger partial charge in [0.05, 0.1) is 22.9 Å². The Hall–Kier alpha value is -3.27. The van der Waals surface area contributed by atoms with Crippen molar-refractivity contribution in [3.05, 3.63) is 78.8 Å². The molecule has 0 saturated heterocycles. The molecule has 0 aliphatic rings. The first-order valence-electron chi connectivity index (χ1n) is 7.75. The summed E-state index contributed by atoms with van der Waals surface area (Å²) in [7, 11) is 0. The van der Waals surface area contributed by atoms with Gasteiger partial charge in [-0.25, -0.2) is 4.98 Å². The fourth-order valence-electron chi connectivity index (χ4n) is 2.74. The molecule has 4 rings (SSSR count). The van der Waals surface area contributed by atoms with Gasteiger partial charge in [-0.2, -0.15) is 0 Å². The third kappa shape index (κ3) is 2.38. The first-order valence-corrected chi connectivity index (χ1v) is 7.75. The number of nitrogens with zero attached hydrogens (tertiary/aromatic N) is 4. The molecule has 3 aromatic heterocycles. The van der Waals surface area contributed by atoms with E-state index in [1.165, 1.54) is 0 Å². The lowest BCUT2D eigenvalue weighted by Gasteiger charge is -2.09. The molecule has 0 unspecified atom stereocenters. The number of imidazole rings is 1. The Morgan fingerprint density at radius 1 is 1.04 bits per heavy atom. The summed E-state index contributed by atoms with van der Waals surface area (Å²) < 4.78 is 2.09. The quantitative estimate of drug-likeness (QED) is 0.562. The smallest absolute Gasteiger partial charge is 0.164 e. The number of fused-ring (bicyclic) bond motifs is 1. The van der Waals surface area contributed by atoms with E-state index >= 15 is 0 Å². The van der Waals surface area contributed by atoms with E-state index in [9.17, 15) is 0 Å². The summed E-state index contributed by atoms with van der Waals surface area (Å²) in [5.74, 6) is 0.803. The van der Waals surface area contributed by atoms with Gasteiger partial charge in [-0.1, -0.05) is 24.8 Å². The number of hydrogen-bond acceptors (Lipinski definition) is 3. The van der Waals surface area contributed by atoms with Gasteiger partial charge < -0.3 is 0 Å². The Morgan fingerprint density at radius 2 is 1.96 bits per heavy atom. The van der Waals surface area contributed by atoms with Crippen LogP contribution in [-0.2, 0) is 0 Å².